The lowest BCUT2D eigenvalue weighted by atomic mass is 10.0. The van der Waals surface area contributed by atoms with Gasteiger partial charge in [0, 0.05) is 5.33 Å². The second kappa shape index (κ2) is 6.89. The number of alkyl halides is 1. The predicted octanol–water partition coefficient (Wildman–Crippen LogP) is 3.98. The van der Waals surface area contributed by atoms with Gasteiger partial charge in [-0.05, 0) is 43.4 Å². The summed E-state index contributed by atoms with van der Waals surface area (Å²) in [5.41, 5.74) is 2.68. The quantitative estimate of drug-likeness (QED) is 0.711. The van der Waals surface area contributed by atoms with Gasteiger partial charge in [-0.25, -0.2) is 0 Å². The monoisotopic (exact) mass is 270 g/mol. The van der Waals surface area contributed by atoms with Crippen molar-refractivity contribution in [3.8, 4) is 5.75 Å². The third kappa shape index (κ3) is 3.86. The maximum Gasteiger partial charge on any atom is 0.122 e. The first-order valence-corrected chi connectivity index (χ1v) is 6.74. The van der Waals surface area contributed by atoms with E-state index < -0.39 is 0 Å². The molecule has 0 fully saturated rings. The third-order valence-electron chi connectivity index (χ3n) is 2.42. The molecule has 0 aliphatic rings. The van der Waals surface area contributed by atoms with E-state index in [1.165, 1.54) is 11.1 Å². The SMILES string of the molecule is CCOc1cc(CC)ccc1CCCBr. The molecule has 1 rings (SSSR count). The highest BCUT2D eigenvalue weighted by atomic mass is 79.9. The van der Waals surface area contributed by atoms with E-state index in [-0.39, 0.29) is 0 Å². The molecular weight excluding hydrogens is 252 g/mol. The Morgan fingerprint density at radius 2 is 2.07 bits per heavy atom. The minimum atomic E-state index is 0.745. The highest BCUT2D eigenvalue weighted by molar-refractivity contribution is 9.09. The first kappa shape index (κ1) is 12.6. The van der Waals surface area contributed by atoms with Crippen molar-refractivity contribution in [2.45, 2.75) is 33.1 Å². The fraction of sp³-hybridized carbons (Fsp3) is 0.538. The van der Waals surface area contributed by atoms with Crippen molar-refractivity contribution >= 4 is 15.9 Å². The third-order valence-corrected chi connectivity index (χ3v) is 2.98. The van der Waals surface area contributed by atoms with Gasteiger partial charge in [0.15, 0.2) is 0 Å². The molecular formula is C13H19BrO. The average Bonchev–Trinajstić information content (AvgIpc) is 2.27. The van der Waals surface area contributed by atoms with E-state index in [0.29, 0.717) is 0 Å². The molecule has 0 N–H and O–H groups in total. The lowest BCUT2D eigenvalue weighted by Gasteiger charge is -2.11. The number of ether oxygens (including phenoxy) is 1. The van der Waals surface area contributed by atoms with Gasteiger partial charge in [0.05, 0.1) is 6.61 Å². The van der Waals surface area contributed by atoms with Gasteiger partial charge >= 0.3 is 0 Å². The Hall–Kier alpha value is -0.500. The molecule has 0 atom stereocenters. The van der Waals surface area contributed by atoms with Crippen LogP contribution in [0.4, 0.5) is 0 Å². The summed E-state index contributed by atoms with van der Waals surface area (Å²) >= 11 is 3.46. The smallest absolute Gasteiger partial charge is 0.122 e. The van der Waals surface area contributed by atoms with Crippen molar-refractivity contribution in [3.63, 3.8) is 0 Å². The molecule has 1 aromatic rings. The summed E-state index contributed by atoms with van der Waals surface area (Å²) in [5, 5.41) is 1.05. The average molecular weight is 271 g/mol. The summed E-state index contributed by atoms with van der Waals surface area (Å²) in [5.74, 6) is 1.07. The van der Waals surface area contributed by atoms with Gasteiger partial charge in [-0.3, -0.25) is 0 Å². The van der Waals surface area contributed by atoms with Crippen LogP contribution in [0, 0.1) is 0 Å². The Bertz CT molecular complexity index is 297. The molecule has 0 saturated heterocycles. The molecule has 0 spiro atoms. The van der Waals surface area contributed by atoms with E-state index in [2.05, 4.69) is 41.1 Å². The van der Waals surface area contributed by atoms with Gasteiger partial charge in [0.2, 0.25) is 0 Å². The van der Waals surface area contributed by atoms with E-state index in [0.717, 1.165) is 36.9 Å². The summed E-state index contributed by atoms with van der Waals surface area (Å²) in [6, 6.07) is 6.58. The van der Waals surface area contributed by atoms with E-state index in [4.69, 9.17) is 4.74 Å². The maximum atomic E-state index is 5.66. The molecule has 0 saturated carbocycles. The van der Waals surface area contributed by atoms with Gasteiger partial charge in [0.25, 0.3) is 0 Å². The van der Waals surface area contributed by atoms with E-state index in [1.807, 2.05) is 6.92 Å². The lowest BCUT2D eigenvalue weighted by molar-refractivity contribution is 0.336. The van der Waals surface area contributed by atoms with Crippen LogP contribution in [-0.2, 0) is 12.8 Å². The van der Waals surface area contributed by atoms with Gasteiger partial charge in [-0.1, -0.05) is 35.0 Å². The van der Waals surface area contributed by atoms with Crippen LogP contribution in [0.3, 0.4) is 0 Å². The molecule has 1 nitrogen and oxygen atoms in total. The van der Waals surface area contributed by atoms with Gasteiger partial charge in [0.1, 0.15) is 5.75 Å². The Morgan fingerprint density at radius 1 is 1.27 bits per heavy atom. The normalized spacial score (nSPS) is 10.3. The van der Waals surface area contributed by atoms with Crippen LogP contribution in [0.1, 0.15) is 31.4 Å². The minimum Gasteiger partial charge on any atom is -0.494 e. The largest absolute Gasteiger partial charge is 0.494 e. The van der Waals surface area contributed by atoms with E-state index in [9.17, 15) is 0 Å². The molecule has 1 aromatic carbocycles. The Kier molecular flexibility index (Phi) is 5.77. The van der Waals surface area contributed by atoms with Crippen molar-refractivity contribution in [3.05, 3.63) is 29.3 Å². The Morgan fingerprint density at radius 3 is 2.67 bits per heavy atom. The number of rotatable bonds is 6. The number of hydrogen-bond donors (Lipinski definition) is 0. The Balaban J connectivity index is 2.82. The maximum absolute atomic E-state index is 5.66. The topological polar surface area (TPSA) is 9.23 Å². The van der Waals surface area contributed by atoms with Crippen molar-refractivity contribution in [2.75, 3.05) is 11.9 Å². The van der Waals surface area contributed by atoms with Crippen LogP contribution in [0.15, 0.2) is 18.2 Å². The molecule has 15 heavy (non-hydrogen) atoms. The van der Waals surface area contributed by atoms with Gasteiger partial charge in [-0.2, -0.15) is 0 Å². The molecule has 0 radical (unpaired) electrons. The number of benzene rings is 1. The van der Waals surface area contributed by atoms with Crippen LogP contribution in [0.5, 0.6) is 5.75 Å². The summed E-state index contributed by atoms with van der Waals surface area (Å²) in [7, 11) is 0. The standard InChI is InChI=1S/C13H19BrO/c1-3-11-7-8-12(6-5-9-14)13(10-11)15-4-2/h7-8,10H,3-6,9H2,1-2H3. The zero-order valence-corrected chi connectivity index (χ0v) is 11.1. The number of hydrogen-bond acceptors (Lipinski definition) is 1. The molecule has 0 aromatic heterocycles. The molecule has 0 heterocycles. The van der Waals surface area contributed by atoms with Crippen LogP contribution in [0.25, 0.3) is 0 Å². The fourth-order valence-corrected chi connectivity index (χ4v) is 1.85. The highest BCUT2D eigenvalue weighted by Gasteiger charge is 2.03. The molecule has 0 aliphatic carbocycles. The summed E-state index contributed by atoms with van der Waals surface area (Å²) < 4.78 is 5.66. The zero-order chi connectivity index (χ0) is 11.1. The summed E-state index contributed by atoms with van der Waals surface area (Å²) in [6.07, 6.45) is 3.31. The van der Waals surface area contributed by atoms with Crippen molar-refractivity contribution in [1.82, 2.24) is 0 Å². The van der Waals surface area contributed by atoms with Crippen molar-refractivity contribution in [2.24, 2.45) is 0 Å². The van der Waals surface area contributed by atoms with Crippen molar-refractivity contribution in [1.29, 1.82) is 0 Å². The first-order valence-electron chi connectivity index (χ1n) is 5.62. The lowest BCUT2D eigenvalue weighted by Crippen LogP contribution is -1.98. The number of aryl methyl sites for hydroxylation is 2. The van der Waals surface area contributed by atoms with Crippen LogP contribution < -0.4 is 4.74 Å². The summed E-state index contributed by atoms with van der Waals surface area (Å²) in [4.78, 5) is 0. The molecule has 0 unspecified atom stereocenters. The van der Waals surface area contributed by atoms with E-state index >= 15 is 0 Å². The van der Waals surface area contributed by atoms with Gasteiger partial charge in [-0.15, -0.1) is 0 Å². The van der Waals surface area contributed by atoms with E-state index in [1.54, 1.807) is 0 Å². The zero-order valence-electron chi connectivity index (χ0n) is 9.55. The molecule has 0 bridgehead atoms. The minimum absolute atomic E-state index is 0.745. The first-order chi connectivity index (χ1) is 7.31. The molecule has 2 heteroatoms. The second-order valence-electron chi connectivity index (χ2n) is 3.52. The van der Waals surface area contributed by atoms with Crippen LogP contribution >= 0.6 is 15.9 Å². The molecule has 84 valence electrons. The second-order valence-corrected chi connectivity index (χ2v) is 4.31. The fourth-order valence-electron chi connectivity index (χ4n) is 1.57. The summed E-state index contributed by atoms with van der Waals surface area (Å²) in [6.45, 7) is 4.95. The van der Waals surface area contributed by atoms with Crippen LogP contribution in [-0.4, -0.2) is 11.9 Å². The Labute approximate surface area is 101 Å². The van der Waals surface area contributed by atoms with Gasteiger partial charge < -0.3 is 4.74 Å². The van der Waals surface area contributed by atoms with Crippen molar-refractivity contribution < 1.29 is 4.74 Å². The van der Waals surface area contributed by atoms with Crippen LogP contribution in [0.2, 0.25) is 0 Å². The molecule has 0 amide bonds. The highest BCUT2D eigenvalue weighted by Crippen LogP contribution is 2.22. The number of halogens is 1. The predicted molar refractivity (Wildman–Crippen MR) is 69.1 cm³/mol. The molecule has 0 aliphatic heterocycles.